The van der Waals surface area contributed by atoms with Gasteiger partial charge in [-0.3, -0.25) is 4.79 Å². The number of methoxy groups -OCH3 is 1. The van der Waals surface area contributed by atoms with Crippen LogP contribution in [0.5, 0.6) is 0 Å². The molecule has 0 saturated carbocycles. The van der Waals surface area contributed by atoms with Crippen LogP contribution in [0.1, 0.15) is 90.6 Å². The van der Waals surface area contributed by atoms with E-state index in [1.54, 1.807) is 12.1 Å². The standard InChI is InChI=1S/C20H24NO3P.C12H18/c1-4-5-11-21(15-9-7-6-8-10-15)18-13-16(20(23)25)14(2)12-17(18)19(22)24-3;1-3-4-8-11(2)12-9-6-5-7-10-12/h6-10,12-13H,4-5,11,25H2,1-3H3;5-7,9-11H,3-4,8H2,1-2H3. The van der Waals surface area contributed by atoms with Gasteiger partial charge in [0.2, 0.25) is 0 Å². The number of nitrogens with zero attached hydrogens (tertiary/aromatic N) is 1. The fourth-order valence-electron chi connectivity index (χ4n) is 4.23. The molecule has 0 N–H and O–H groups in total. The maximum atomic E-state index is 12.3. The van der Waals surface area contributed by atoms with E-state index < -0.39 is 5.97 Å². The predicted molar refractivity (Wildman–Crippen MR) is 159 cm³/mol. The maximum absolute atomic E-state index is 12.3. The number of anilines is 2. The predicted octanol–water partition coefficient (Wildman–Crippen LogP) is 8.72. The van der Waals surface area contributed by atoms with E-state index in [1.165, 1.54) is 31.9 Å². The molecule has 0 fully saturated rings. The van der Waals surface area contributed by atoms with Crippen molar-refractivity contribution in [1.29, 1.82) is 0 Å². The van der Waals surface area contributed by atoms with Crippen molar-refractivity contribution in [2.24, 2.45) is 0 Å². The van der Waals surface area contributed by atoms with Gasteiger partial charge in [-0.05, 0) is 61.1 Å². The van der Waals surface area contributed by atoms with Crippen LogP contribution in [0.15, 0.2) is 72.8 Å². The Bertz CT molecular complexity index is 1120. The quantitative estimate of drug-likeness (QED) is 0.188. The van der Waals surface area contributed by atoms with Crippen LogP contribution in [0.4, 0.5) is 11.4 Å². The molecule has 2 unspecified atom stereocenters. The van der Waals surface area contributed by atoms with E-state index in [0.29, 0.717) is 16.8 Å². The number of unbranched alkanes of at least 4 members (excludes halogenated alkanes) is 2. The van der Waals surface area contributed by atoms with E-state index in [-0.39, 0.29) is 5.52 Å². The molecule has 37 heavy (non-hydrogen) atoms. The van der Waals surface area contributed by atoms with Gasteiger partial charge in [0.05, 0.1) is 18.4 Å². The molecule has 0 aliphatic carbocycles. The van der Waals surface area contributed by atoms with E-state index in [0.717, 1.165) is 36.6 Å². The molecule has 0 radical (unpaired) electrons. The Morgan fingerprint density at radius 2 is 1.49 bits per heavy atom. The highest BCUT2D eigenvalue weighted by atomic mass is 31.0. The number of hydrogen-bond donors (Lipinski definition) is 0. The molecule has 0 saturated heterocycles. The van der Waals surface area contributed by atoms with Crippen LogP contribution in [0.2, 0.25) is 0 Å². The third-order valence-electron chi connectivity index (χ3n) is 6.47. The van der Waals surface area contributed by atoms with Gasteiger partial charge in [-0.15, -0.1) is 0 Å². The molecule has 5 heteroatoms. The summed E-state index contributed by atoms with van der Waals surface area (Å²) in [5.74, 6) is 0.324. The zero-order chi connectivity index (χ0) is 27.2. The molecule has 0 aromatic heterocycles. The molecule has 0 aliphatic rings. The van der Waals surface area contributed by atoms with Crippen LogP contribution in [-0.2, 0) is 4.74 Å². The van der Waals surface area contributed by atoms with Crippen molar-refractivity contribution in [3.05, 3.63) is 95.1 Å². The van der Waals surface area contributed by atoms with Gasteiger partial charge in [0, 0.05) is 17.8 Å². The highest BCUT2D eigenvalue weighted by Crippen LogP contribution is 2.33. The summed E-state index contributed by atoms with van der Waals surface area (Å²) < 4.78 is 4.97. The first-order valence-electron chi connectivity index (χ1n) is 13.2. The third-order valence-corrected chi connectivity index (χ3v) is 6.78. The number of aryl methyl sites for hydroxylation is 1. The van der Waals surface area contributed by atoms with Gasteiger partial charge in [0.25, 0.3) is 0 Å². The second kappa shape index (κ2) is 16.0. The average Bonchev–Trinajstić information content (AvgIpc) is 2.93. The summed E-state index contributed by atoms with van der Waals surface area (Å²) in [6.07, 6.45) is 5.96. The van der Waals surface area contributed by atoms with E-state index >= 15 is 0 Å². The first-order valence-corrected chi connectivity index (χ1v) is 13.8. The Kier molecular flexibility index (Phi) is 13.1. The van der Waals surface area contributed by atoms with Gasteiger partial charge in [-0.2, -0.15) is 0 Å². The van der Waals surface area contributed by atoms with Crippen LogP contribution in [0, 0.1) is 6.92 Å². The number of carbonyl (C=O) groups is 2. The SMILES string of the molecule is CCCCC(C)c1ccccc1.CCCCN(c1ccccc1)c1cc(C(=O)P)c(C)cc1C(=O)OC. The van der Waals surface area contributed by atoms with Crippen molar-refractivity contribution >= 4 is 32.1 Å². The molecule has 0 spiro atoms. The van der Waals surface area contributed by atoms with Crippen molar-refractivity contribution in [2.45, 2.75) is 65.7 Å². The molecule has 0 aliphatic heterocycles. The molecular formula is C32H42NO3P. The summed E-state index contributed by atoms with van der Waals surface area (Å²) in [6.45, 7) is 9.25. The number of para-hydroxylation sites is 1. The number of ether oxygens (including phenoxy) is 1. The van der Waals surface area contributed by atoms with Gasteiger partial charge >= 0.3 is 5.97 Å². The first-order chi connectivity index (χ1) is 17.8. The van der Waals surface area contributed by atoms with Crippen molar-refractivity contribution in [2.75, 3.05) is 18.6 Å². The molecule has 0 heterocycles. The molecule has 0 bridgehead atoms. The maximum Gasteiger partial charge on any atom is 0.339 e. The summed E-state index contributed by atoms with van der Waals surface area (Å²) >= 11 is 0. The molecule has 3 aromatic carbocycles. The third kappa shape index (κ3) is 9.13. The monoisotopic (exact) mass is 519 g/mol. The van der Waals surface area contributed by atoms with E-state index in [2.05, 4.69) is 65.2 Å². The highest BCUT2D eigenvalue weighted by Gasteiger charge is 2.21. The molecular weight excluding hydrogens is 477 g/mol. The molecule has 198 valence electrons. The lowest BCUT2D eigenvalue weighted by molar-refractivity contribution is 0.0601. The fourth-order valence-corrected chi connectivity index (χ4v) is 4.54. The van der Waals surface area contributed by atoms with Crippen LogP contribution < -0.4 is 4.90 Å². The van der Waals surface area contributed by atoms with E-state index in [1.807, 2.05) is 37.3 Å². The largest absolute Gasteiger partial charge is 0.465 e. The summed E-state index contributed by atoms with van der Waals surface area (Å²) in [5.41, 5.74) is 4.87. The number of hydrogen-bond acceptors (Lipinski definition) is 4. The van der Waals surface area contributed by atoms with Crippen molar-refractivity contribution in [1.82, 2.24) is 0 Å². The van der Waals surface area contributed by atoms with Crippen LogP contribution >= 0.6 is 9.24 Å². The average molecular weight is 520 g/mol. The minimum Gasteiger partial charge on any atom is -0.465 e. The highest BCUT2D eigenvalue weighted by molar-refractivity contribution is 7.41. The summed E-state index contributed by atoms with van der Waals surface area (Å²) in [5, 5.41) is 0. The summed E-state index contributed by atoms with van der Waals surface area (Å²) in [7, 11) is 3.58. The smallest absolute Gasteiger partial charge is 0.339 e. The molecule has 2 atom stereocenters. The van der Waals surface area contributed by atoms with Crippen molar-refractivity contribution in [3.63, 3.8) is 0 Å². The van der Waals surface area contributed by atoms with E-state index in [4.69, 9.17) is 4.74 Å². The van der Waals surface area contributed by atoms with Gasteiger partial charge < -0.3 is 9.64 Å². The lowest BCUT2D eigenvalue weighted by atomic mass is 9.96. The lowest BCUT2D eigenvalue weighted by Gasteiger charge is -2.27. The number of rotatable bonds is 11. The zero-order valence-electron chi connectivity index (χ0n) is 23.0. The minimum absolute atomic E-state index is 0.0985. The van der Waals surface area contributed by atoms with Crippen molar-refractivity contribution < 1.29 is 14.3 Å². The minimum atomic E-state index is -0.404. The summed E-state index contributed by atoms with van der Waals surface area (Å²) in [6, 6.07) is 24.2. The Morgan fingerprint density at radius 1 is 0.892 bits per heavy atom. The summed E-state index contributed by atoms with van der Waals surface area (Å²) in [4.78, 5) is 26.4. The second-order valence-electron chi connectivity index (χ2n) is 9.33. The molecule has 3 aromatic rings. The second-order valence-corrected chi connectivity index (χ2v) is 9.86. The Labute approximate surface area is 225 Å². The van der Waals surface area contributed by atoms with Gasteiger partial charge in [-0.1, -0.05) is 97.8 Å². The number of esters is 1. The molecule has 0 amide bonds. The number of carbonyl (C=O) groups excluding carboxylic acids is 2. The van der Waals surface area contributed by atoms with Crippen LogP contribution in [0.3, 0.4) is 0 Å². The molecule has 4 nitrogen and oxygen atoms in total. The Balaban J connectivity index is 0.000000335. The van der Waals surface area contributed by atoms with Gasteiger partial charge in [0.15, 0.2) is 5.52 Å². The number of benzene rings is 3. The lowest BCUT2D eigenvalue weighted by Crippen LogP contribution is -2.22. The molecule has 3 rings (SSSR count). The zero-order valence-corrected chi connectivity index (χ0v) is 24.2. The van der Waals surface area contributed by atoms with Gasteiger partial charge in [-0.25, -0.2) is 4.79 Å². The van der Waals surface area contributed by atoms with E-state index in [9.17, 15) is 9.59 Å². The topological polar surface area (TPSA) is 46.6 Å². The van der Waals surface area contributed by atoms with Gasteiger partial charge in [0.1, 0.15) is 0 Å². The Morgan fingerprint density at radius 3 is 2.03 bits per heavy atom. The normalized spacial score (nSPS) is 11.2. The van der Waals surface area contributed by atoms with Crippen LogP contribution in [0.25, 0.3) is 0 Å². The van der Waals surface area contributed by atoms with Crippen LogP contribution in [-0.4, -0.2) is 25.1 Å². The van der Waals surface area contributed by atoms with Crippen molar-refractivity contribution in [3.8, 4) is 0 Å². The fraction of sp³-hybridized carbons (Fsp3) is 0.375. The Hall–Kier alpha value is -2.97. The first kappa shape index (κ1) is 30.3.